The second-order valence-corrected chi connectivity index (χ2v) is 7.94. The fraction of sp³-hybridized carbons (Fsp3) is 0.292. The summed E-state index contributed by atoms with van der Waals surface area (Å²) in [5.74, 6) is -2.51. The molecule has 0 amide bonds. The van der Waals surface area contributed by atoms with Crippen LogP contribution in [0.5, 0.6) is 5.75 Å². The van der Waals surface area contributed by atoms with Crippen LogP contribution in [-0.4, -0.2) is 60.9 Å². The first-order valence-corrected chi connectivity index (χ1v) is 10.6. The largest absolute Gasteiger partial charge is 0.478 e. The minimum Gasteiger partial charge on any atom is -0.478 e. The van der Waals surface area contributed by atoms with Crippen molar-refractivity contribution < 1.29 is 32.6 Å². The number of aliphatic imine (C=N–C) groups is 1. The van der Waals surface area contributed by atoms with E-state index >= 15 is 0 Å². The number of piperazine rings is 1. The summed E-state index contributed by atoms with van der Waals surface area (Å²) in [7, 11) is 0. The molecule has 0 aromatic heterocycles. The van der Waals surface area contributed by atoms with Gasteiger partial charge in [-0.15, -0.1) is 0 Å². The first-order chi connectivity index (χ1) is 16.2. The highest BCUT2D eigenvalue weighted by Crippen LogP contribution is 2.34. The molecule has 10 heteroatoms. The third-order valence-corrected chi connectivity index (χ3v) is 5.74. The Labute approximate surface area is 193 Å². The van der Waals surface area contributed by atoms with Gasteiger partial charge in [0.25, 0.3) is 0 Å². The van der Waals surface area contributed by atoms with Gasteiger partial charge in [-0.2, -0.15) is 13.2 Å². The van der Waals surface area contributed by atoms with Gasteiger partial charge in [0.2, 0.25) is 6.10 Å². The minimum atomic E-state index is -4.64. The summed E-state index contributed by atoms with van der Waals surface area (Å²) in [6, 6.07) is 10.6. The maximum atomic E-state index is 13.5. The van der Waals surface area contributed by atoms with Gasteiger partial charge in [0.1, 0.15) is 5.75 Å². The number of carbonyl (C=O) groups is 2. The van der Waals surface area contributed by atoms with Crippen molar-refractivity contribution in [1.82, 2.24) is 5.32 Å². The van der Waals surface area contributed by atoms with Crippen molar-refractivity contribution in [2.75, 3.05) is 31.1 Å². The van der Waals surface area contributed by atoms with Gasteiger partial charge >= 0.3 is 12.1 Å². The number of carboxylic acids is 1. The topological polar surface area (TPSA) is 91.2 Å². The van der Waals surface area contributed by atoms with Gasteiger partial charge in [-0.05, 0) is 54.6 Å². The number of rotatable bonds is 7. The molecule has 2 unspecified atom stereocenters. The number of nitrogens with zero attached hydrogens (tertiary/aromatic N) is 2. The molecule has 34 heavy (non-hydrogen) atoms. The molecule has 2 aromatic carbocycles. The number of ketones is 1. The maximum absolute atomic E-state index is 13.5. The van der Waals surface area contributed by atoms with E-state index in [-0.39, 0.29) is 11.3 Å². The van der Waals surface area contributed by atoms with Gasteiger partial charge in [0, 0.05) is 43.6 Å². The quantitative estimate of drug-likeness (QED) is 0.601. The molecule has 178 valence electrons. The molecule has 2 aliphatic rings. The van der Waals surface area contributed by atoms with Crippen molar-refractivity contribution in [3.63, 3.8) is 0 Å². The van der Waals surface area contributed by atoms with E-state index in [0.29, 0.717) is 6.07 Å². The molecule has 4 rings (SSSR count). The Kier molecular flexibility index (Phi) is 6.43. The summed E-state index contributed by atoms with van der Waals surface area (Å²) in [5, 5.41) is 13.1. The van der Waals surface area contributed by atoms with E-state index in [9.17, 15) is 27.9 Å². The molecular weight excluding hydrogens is 451 g/mol. The number of anilines is 1. The fourth-order valence-corrected chi connectivity index (χ4v) is 4.00. The van der Waals surface area contributed by atoms with Gasteiger partial charge in [0.15, 0.2) is 11.3 Å². The number of Topliss-reactive ketones (excluding diaryl/α,β-unsaturated/α-hetero) is 1. The van der Waals surface area contributed by atoms with Crippen LogP contribution in [0.1, 0.15) is 15.9 Å². The molecule has 2 aliphatic heterocycles. The number of nitrogens with one attached hydrogen (secondary N) is 1. The highest BCUT2D eigenvalue weighted by atomic mass is 19.4. The molecule has 0 bridgehead atoms. The van der Waals surface area contributed by atoms with Crippen LogP contribution in [-0.2, 0) is 11.0 Å². The number of alkyl halides is 3. The molecular formula is C24H22F3N3O4. The van der Waals surface area contributed by atoms with Crippen molar-refractivity contribution in [3.05, 3.63) is 71.8 Å². The van der Waals surface area contributed by atoms with E-state index in [2.05, 4.69) is 15.2 Å². The zero-order valence-corrected chi connectivity index (χ0v) is 18.0. The summed E-state index contributed by atoms with van der Waals surface area (Å²) in [5.41, 5.74) is -1.83. The fourth-order valence-electron chi connectivity index (χ4n) is 4.00. The van der Waals surface area contributed by atoms with Gasteiger partial charge in [0.05, 0.1) is 5.56 Å². The van der Waals surface area contributed by atoms with Crippen molar-refractivity contribution in [2.24, 2.45) is 4.99 Å². The zero-order chi connectivity index (χ0) is 24.3. The van der Waals surface area contributed by atoms with Gasteiger partial charge in [-0.25, -0.2) is 4.79 Å². The van der Waals surface area contributed by atoms with E-state index in [4.69, 9.17) is 4.74 Å². The molecule has 2 heterocycles. The highest BCUT2D eigenvalue weighted by molar-refractivity contribution is 6.10. The lowest BCUT2D eigenvalue weighted by atomic mass is 9.84. The van der Waals surface area contributed by atoms with Crippen LogP contribution < -0.4 is 15.0 Å². The van der Waals surface area contributed by atoms with Crippen LogP contribution in [0.4, 0.5) is 18.9 Å². The van der Waals surface area contributed by atoms with E-state index in [1.54, 1.807) is 24.3 Å². The predicted molar refractivity (Wildman–Crippen MR) is 120 cm³/mol. The standard InChI is InChI=1S/C24H22F3N3O4/c25-24(26,27)17-3-1-4-19(15-17)34-21(22(32)33)23(9-2-10-29-23)20(31)16-5-7-18(8-6-16)30-13-11-28-12-14-30/h1-10,15,21,28H,11-14H2,(H,32,33). The van der Waals surface area contributed by atoms with E-state index in [1.807, 2.05) is 0 Å². The molecule has 0 saturated carbocycles. The van der Waals surface area contributed by atoms with Crippen LogP contribution in [0.15, 0.2) is 65.7 Å². The minimum absolute atomic E-state index is 0.210. The van der Waals surface area contributed by atoms with Crippen LogP contribution in [0, 0.1) is 0 Å². The molecule has 0 radical (unpaired) electrons. The van der Waals surface area contributed by atoms with E-state index < -0.39 is 35.1 Å². The molecule has 0 aliphatic carbocycles. The summed E-state index contributed by atoms with van der Waals surface area (Å²) < 4.78 is 44.7. The number of hydrogen-bond acceptors (Lipinski definition) is 6. The first-order valence-electron chi connectivity index (χ1n) is 10.6. The normalized spacial score (nSPS) is 20.9. The zero-order valence-electron chi connectivity index (χ0n) is 18.0. The molecule has 1 saturated heterocycles. The first kappa shape index (κ1) is 23.5. The molecule has 1 fully saturated rings. The summed E-state index contributed by atoms with van der Waals surface area (Å²) in [6.45, 7) is 3.32. The lowest BCUT2D eigenvalue weighted by Crippen LogP contribution is -2.52. The Bertz CT molecular complexity index is 1110. The monoisotopic (exact) mass is 473 g/mol. The van der Waals surface area contributed by atoms with Crippen molar-refractivity contribution >= 4 is 23.7 Å². The van der Waals surface area contributed by atoms with Crippen LogP contribution in [0.2, 0.25) is 0 Å². The average Bonchev–Trinajstić information content (AvgIpc) is 3.33. The Hall–Kier alpha value is -3.66. The molecule has 2 atom stereocenters. The molecule has 2 N–H and O–H groups in total. The second-order valence-electron chi connectivity index (χ2n) is 7.94. The Morgan fingerprint density at radius 3 is 2.41 bits per heavy atom. The number of aliphatic carboxylic acids is 1. The summed E-state index contributed by atoms with van der Waals surface area (Å²) >= 11 is 0. The highest BCUT2D eigenvalue weighted by Gasteiger charge is 2.51. The lowest BCUT2D eigenvalue weighted by Gasteiger charge is -2.31. The van der Waals surface area contributed by atoms with Gasteiger partial charge < -0.3 is 20.1 Å². The van der Waals surface area contributed by atoms with Crippen LogP contribution >= 0.6 is 0 Å². The van der Waals surface area contributed by atoms with Crippen molar-refractivity contribution in [2.45, 2.75) is 17.8 Å². The van der Waals surface area contributed by atoms with E-state index in [1.165, 1.54) is 24.4 Å². The third kappa shape index (κ3) is 4.67. The SMILES string of the molecule is O=C(O)C(Oc1cccc(C(F)(F)F)c1)C1(C(=O)c2ccc(N3CCNCC3)cc2)C=CC=N1. The number of hydrogen-bond donors (Lipinski definition) is 2. The van der Waals surface area contributed by atoms with Crippen molar-refractivity contribution in [1.29, 1.82) is 0 Å². The smallest absolute Gasteiger partial charge is 0.416 e. The maximum Gasteiger partial charge on any atom is 0.416 e. The third-order valence-electron chi connectivity index (χ3n) is 5.74. The van der Waals surface area contributed by atoms with Crippen LogP contribution in [0.3, 0.4) is 0 Å². The molecule has 2 aromatic rings. The lowest BCUT2D eigenvalue weighted by molar-refractivity contribution is -0.146. The number of benzene rings is 2. The van der Waals surface area contributed by atoms with Crippen molar-refractivity contribution in [3.8, 4) is 5.75 Å². The van der Waals surface area contributed by atoms with E-state index in [0.717, 1.165) is 44.0 Å². The number of allylic oxidation sites excluding steroid dienone is 1. The second kappa shape index (κ2) is 9.30. The number of carboxylic acid groups (broad SMARTS) is 1. The summed E-state index contributed by atoms with van der Waals surface area (Å²) in [4.78, 5) is 31.9. The Balaban J connectivity index is 1.63. The summed E-state index contributed by atoms with van der Waals surface area (Å²) in [6.07, 6.45) is -2.53. The number of ether oxygens (including phenoxy) is 1. The molecule has 7 nitrogen and oxygen atoms in total. The van der Waals surface area contributed by atoms with Gasteiger partial charge in [-0.3, -0.25) is 9.79 Å². The van der Waals surface area contributed by atoms with Gasteiger partial charge in [-0.1, -0.05) is 6.07 Å². The number of carbonyl (C=O) groups excluding carboxylic acids is 1. The Morgan fingerprint density at radius 1 is 1.12 bits per heavy atom. The number of halogens is 3. The average molecular weight is 473 g/mol. The molecule has 0 spiro atoms. The Morgan fingerprint density at radius 2 is 1.82 bits per heavy atom. The predicted octanol–water partition coefficient (Wildman–Crippen LogP) is 3.21. The van der Waals surface area contributed by atoms with Crippen LogP contribution in [0.25, 0.3) is 0 Å².